The Labute approximate surface area is 99.2 Å². The van der Waals surface area contributed by atoms with E-state index < -0.39 is 8.56 Å². The number of aryl methyl sites for hydroxylation is 1. The van der Waals surface area contributed by atoms with Crippen molar-refractivity contribution in [3.63, 3.8) is 0 Å². The standard InChI is InChI=1S/C13H20O2Si/c1-5-14-16(7-3,15-6-2)13-11-9-8-10-12(13)4/h7-11H,3,5-6H2,1-2,4H3. The molecule has 88 valence electrons. The van der Waals surface area contributed by atoms with E-state index in [0.717, 1.165) is 5.19 Å². The Hall–Kier alpha value is -0.903. The highest BCUT2D eigenvalue weighted by molar-refractivity contribution is 6.85. The Morgan fingerprint density at radius 3 is 2.19 bits per heavy atom. The summed E-state index contributed by atoms with van der Waals surface area (Å²) < 4.78 is 11.8. The van der Waals surface area contributed by atoms with Crippen LogP contribution in [-0.4, -0.2) is 21.8 Å². The third kappa shape index (κ3) is 2.61. The van der Waals surface area contributed by atoms with Crippen LogP contribution < -0.4 is 5.19 Å². The summed E-state index contributed by atoms with van der Waals surface area (Å²) in [5.74, 6) is 0. The summed E-state index contributed by atoms with van der Waals surface area (Å²) in [7, 11) is -2.43. The quantitative estimate of drug-likeness (QED) is 0.706. The van der Waals surface area contributed by atoms with Crippen LogP contribution in [0.4, 0.5) is 0 Å². The van der Waals surface area contributed by atoms with Gasteiger partial charge in [-0.1, -0.05) is 24.3 Å². The highest BCUT2D eigenvalue weighted by atomic mass is 28.4. The van der Waals surface area contributed by atoms with Gasteiger partial charge >= 0.3 is 8.56 Å². The van der Waals surface area contributed by atoms with E-state index in [4.69, 9.17) is 8.85 Å². The van der Waals surface area contributed by atoms with Gasteiger partial charge in [0.25, 0.3) is 0 Å². The summed E-state index contributed by atoms with van der Waals surface area (Å²) in [6.07, 6.45) is 0. The maximum atomic E-state index is 5.88. The first-order valence-electron chi connectivity index (χ1n) is 5.67. The van der Waals surface area contributed by atoms with Crippen molar-refractivity contribution >= 4 is 13.7 Å². The molecule has 0 fully saturated rings. The molecule has 1 aromatic rings. The number of rotatable bonds is 6. The lowest BCUT2D eigenvalue weighted by atomic mass is 10.2. The van der Waals surface area contributed by atoms with Gasteiger partial charge in [0.05, 0.1) is 0 Å². The second-order valence-corrected chi connectivity index (χ2v) is 6.41. The second-order valence-electron chi connectivity index (χ2n) is 3.55. The van der Waals surface area contributed by atoms with E-state index in [9.17, 15) is 0 Å². The SMILES string of the molecule is C=C[Si](OCC)(OCC)c1ccccc1C. The topological polar surface area (TPSA) is 18.5 Å². The van der Waals surface area contributed by atoms with E-state index in [1.165, 1.54) is 5.56 Å². The lowest BCUT2D eigenvalue weighted by molar-refractivity contribution is 0.207. The molecule has 0 aliphatic heterocycles. The van der Waals surface area contributed by atoms with Crippen molar-refractivity contribution in [1.29, 1.82) is 0 Å². The molecule has 0 saturated carbocycles. The Morgan fingerprint density at radius 2 is 1.75 bits per heavy atom. The molecule has 0 atom stereocenters. The van der Waals surface area contributed by atoms with Gasteiger partial charge in [0.2, 0.25) is 0 Å². The van der Waals surface area contributed by atoms with Crippen molar-refractivity contribution in [2.24, 2.45) is 0 Å². The third-order valence-electron chi connectivity index (χ3n) is 2.51. The highest BCUT2D eigenvalue weighted by Gasteiger charge is 2.37. The van der Waals surface area contributed by atoms with Gasteiger partial charge in [0.1, 0.15) is 0 Å². The molecule has 0 unspecified atom stereocenters. The van der Waals surface area contributed by atoms with Crippen LogP contribution in [0, 0.1) is 6.92 Å². The first-order valence-corrected chi connectivity index (χ1v) is 7.57. The molecular weight excluding hydrogens is 216 g/mol. The molecule has 16 heavy (non-hydrogen) atoms. The van der Waals surface area contributed by atoms with Gasteiger partial charge in [0, 0.05) is 18.4 Å². The van der Waals surface area contributed by atoms with Crippen molar-refractivity contribution in [2.75, 3.05) is 13.2 Å². The molecule has 0 saturated heterocycles. The van der Waals surface area contributed by atoms with Gasteiger partial charge in [-0.25, -0.2) is 0 Å². The zero-order chi connectivity index (χ0) is 12.0. The largest absolute Gasteiger partial charge is 0.399 e. The first kappa shape index (κ1) is 13.2. The molecule has 2 nitrogen and oxygen atoms in total. The molecular formula is C13H20O2Si. The van der Waals surface area contributed by atoms with E-state index in [0.29, 0.717) is 13.2 Å². The maximum absolute atomic E-state index is 5.88. The number of benzene rings is 1. The minimum atomic E-state index is -2.43. The van der Waals surface area contributed by atoms with Crippen LogP contribution in [0.1, 0.15) is 19.4 Å². The molecule has 1 rings (SSSR count). The molecule has 3 heteroatoms. The predicted molar refractivity (Wildman–Crippen MR) is 70.0 cm³/mol. The van der Waals surface area contributed by atoms with Crippen molar-refractivity contribution in [3.05, 3.63) is 42.1 Å². The minimum absolute atomic E-state index is 0.645. The normalized spacial score (nSPS) is 11.4. The molecule has 0 heterocycles. The van der Waals surface area contributed by atoms with Crippen LogP contribution in [-0.2, 0) is 8.85 Å². The lowest BCUT2D eigenvalue weighted by Gasteiger charge is -2.28. The lowest BCUT2D eigenvalue weighted by Crippen LogP contribution is -2.53. The summed E-state index contributed by atoms with van der Waals surface area (Å²) in [6, 6.07) is 8.21. The van der Waals surface area contributed by atoms with Gasteiger partial charge in [-0.15, -0.1) is 6.58 Å². The van der Waals surface area contributed by atoms with Crippen LogP contribution in [0.5, 0.6) is 0 Å². The molecule has 0 aromatic heterocycles. The summed E-state index contributed by atoms with van der Waals surface area (Å²) in [6.45, 7) is 11.2. The van der Waals surface area contributed by atoms with Crippen LogP contribution in [0.3, 0.4) is 0 Å². The van der Waals surface area contributed by atoms with Crippen molar-refractivity contribution < 1.29 is 8.85 Å². The Kier molecular flexibility index (Phi) is 4.93. The van der Waals surface area contributed by atoms with Gasteiger partial charge < -0.3 is 8.85 Å². The number of hydrogen-bond donors (Lipinski definition) is 0. The summed E-state index contributed by atoms with van der Waals surface area (Å²) in [5.41, 5.74) is 3.07. The monoisotopic (exact) mass is 236 g/mol. The molecule has 0 amide bonds. The molecule has 0 aliphatic carbocycles. The fraction of sp³-hybridized carbons (Fsp3) is 0.385. The molecule has 1 aromatic carbocycles. The van der Waals surface area contributed by atoms with E-state index in [-0.39, 0.29) is 0 Å². The average Bonchev–Trinajstić information content (AvgIpc) is 2.29. The van der Waals surface area contributed by atoms with Crippen LogP contribution in [0.25, 0.3) is 0 Å². The third-order valence-corrected chi connectivity index (χ3v) is 5.79. The van der Waals surface area contributed by atoms with Gasteiger partial charge in [-0.3, -0.25) is 0 Å². The Balaban J connectivity index is 3.18. The van der Waals surface area contributed by atoms with Crippen molar-refractivity contribution in [2.45, 2.75) is 20.8 Å². The van der Waals surface area contributed by atoms with Gasteiger partial charge in [-0.05, 0) is 32.0 Å². The van der Waals surface area contributed by atoms with Gasteiger partial charge in [0.15, 0.2) is 0 Å². The zero-order valence-electron chi connectivity index (χ0n) is 10.3. The molecule has 0 bridgehead atoms. The van der Waals surface area contributed by atoms with Crippen molar-refractivity contribution in [3.8, 4) is 0 Å². The number of hydrogen-bond acceptors (Lipinski definition) is 2. The first-order chi connectivity index (χ1) is 7.70. The fourth-order valence-electron chi connectivity index (χ4n) is 1.82. The Morgan fingerprint density at radius 1 is 1.19 bits per heavy atom. The molecule has 0 radical (unpaired) electrons. The molecule has 0 spiro atoms. The van der Waals surface area contributed by atoms with Gasteiger partial charge in [-0.2, -0.15) is 0 Å². The summed E-state index contributed by atoms with van der Waals surface area (Å²) >= 11 is 0. The summed E-state index contributed by atoms with van der Waals surface area (Å²) in [5, 5.41) is 1.16. The smallest absolute Gasteiger partial charge is 0.388 e. The predicted octanol–water partition coefficient (Wildman–Crippen LogP) is 2.44. The highest BCUT2D eigenvalue weighted by Crippen LogP contribution is 2.12. The van der Waals surface area contributed by atoms with Crippen LogP contribution >= 0.6 is 0 Å². The zero-order valence-corrected chi connectivity index (χ0v) is 11.3. The maximum Gasteiger partial charge on any atom is 0.399 e. The van der Waals surface area contributed by atoms with E-state index in [1.54, 1.807) is 0 Å². The van der Waals surface area contributed by atoms with Crippen LogP contribution in [0.15, 0.2) is 36.5 Å². The van der Waals surface area contributed by atoms with Crippen molar-refractivity contribution in [1.82, 2.24) is 0 Å². The van der Waals surface area contributed by atoms with Crippen LogP contribution in [0.2, 0.25) is 0 Å². The summed E-state index contributed by atoms with van der Waals surface area (Å²) in [4.78, 5) is 0. The van der Waals surface area contributed by atoms with E-state index in [1.807, 2.05) is 31.7 Å². The van der Waals surface area contributed by atoms with E-state index >= 15 is 0 Å². The minimum Gasteiger partial charge on any atom is -0.388 e. The second kappa shape index (κ2) is 5.99. The average molecular weight is 236 g/mol. The fourth-order valence-corrected chi connectivity index (χ4v) is 4.49. The van der Waals surface area contributed by atoms with E-state index in [2.05, 4.69) is 25.6 Å². The molecule has 0 aliphatic rings. The Bertz CT molecular complexity index is 344. The molecule has 0 N–H and O–H groups in total.